The molecule has 0 radical (unpaired) electrons. The molecule has 1 N–H and O–H groups in total. The van der Waals surface area contributed by atoms with Crippen LogP contribution in [0.2, 0.25) is 18.1 Å². The Morgan fingerprint density at radius 1 is 1.21 bits per heavy atom. The van der Waals surface area contributed by atoms with Crippen LogP contribution < -0.4 is 5.32 Å². The first-order valence-electron chi connectivity index (χ1n) is 12.1. The second kappa shape index (κ2) is 9.61. The highest BCUT2D eigenvalue weighted by Gasteiger charge is 2.55. The predicted octanol–water partition coefficient (Wildman–Crippen LogP) is 3.53. The molecule has 3 saturated heterocycles. The lowest BCUT2D eigenvalue weighted by molar-refractivity contribution is -0.343. The number of benzene rings is 1. The molecule has 0 aliphatic carbocycles. The summed E-state index contributed by atoms with van der Waals surface area (Å²) in [7, 11) is -2.25. The maximum atomic E-state index is 12.3. The van der Waals surface area contributed by atoms with Gasteiger partial charge in [-0.1, -0.05) is 51.1 Å². The molecular formula is C25H39NO7Si. The van der Waals surface area contributed by atoms with Gasteiger partial charge in [0.2, 0.25) is 5.91 Å². The standard InChI is InChI=1S/C25H39NO7Si/c1-16(27)26-19-21(33-34(6,7)24(2,3)4)20-18(31-23(19)29-14-25(5)15-30-25)13-28-22(32-20)17-11-9-8-10-12-17/h8-12,18-23H,13-15H2,1-7H3,(H,26,27)/t18-,19-,20-,21-,22?,23-,25+/m1/s1. The predicted molar refractivity (Wildman–Crippen MR) is 129 cm³/mol. The third-order valence-electron chi connectivity index (χ3n) is 7.21. The Morgan fingerprint density at radius 2 is 1.88 bits per heavy atom. The van der Waals surface area contributed by atoms with Crippen molar-refractivity contribution in [2.45, 2.75) is 95.3 Å². The number of carbonyl (C=O) groups is 1. The van der Waals surface area contributed by atoms with E-state index in [1.807, 2.05) is 37.3 Å². The summed E-state index contributed by atoms with van der Waals surface area (Å²) in [6, 6.07) is 9.29. The zero-order valence-corrected chi connectivity index (χ0v) is 22.3. The fourth-order valence-electron chi connectivity index (χ4n) is 4.00. The summed E-state index contributed by atoms with van der Waals surface area (Å²) in [5.74, 6) is -0.176. The second-order valence-corrected chi connectivity index (χ2v) is 16.1. The number of ether oxygens (including phenoxy) is 5. The summed E-state index contributed by atoms with van der Waals surface area (Å²) in [5, 5.41) is 3.02. The van der Waals surface area contributed by atoms with Crippen molar-refractivity contribution >= 4 is 14.2 Å². The molecule has 3 aliphatic rings. The van der Waals surface area contributed by atoms with Crippen molar-refractivity contribution in [3.05, 3.63) is 35.9 Å². The maximum Gasteiger partial charge on any atom is 0.217 e. The third-order valence-corrected chi connectivity index (χ3v) is 11.7. The Bertz CT molecular complexity index is 855. The van der Waals surface area contributed by atoms with Gasteiger partial charge in [0.25, 0.3) is 0 Å². The van der Waals surface area contributed by atoms with Crippen LogP contribution >= 0.6 is 0 Å². The first-order valence-corrected chi connectivity index (χ1v) is 15.0. The van der Waals surface area contributed by atoms with Gasteiger partial charge in [-0.15, -0.1) is 0 Å². The van der Waals surface area contributed by atoms with E-state index in [9.17, 15) is 4.79 Å². The molecule has 190 valence electrons. The van der Waals surface area contributed by atoms with Crippen LogP contribution in [0.3, 0.4) is 0 Å². The zero-order chi connectivity index (χ0) is 24.7. The number of hydrogen-bond donors (Lipinski definition) is 1. The summed E-state index contributed by atoms with van der Waals surface area (Å²) in [4.78, 5) is 12.3. The van der Waals surface area contributed by atoms with E-state index in [-0.39, 0.29) is 16.5 Å². The van der Waals surface area contributed by atoms with Crippen molar-refractivity contribution in [1.29, 1.82) is 0 Å². The van der Waals surface area contributed by atoms with E-state index in [1.54, 1.807) is 0 Å². The minimum Gasteiger partial charge on any atom is -0.409 e. The van der Waals surface area contributed by atoms with E-state index in [1.165, 1.54) is 6.92 Å². The van der Waals surface area contributed by atoms with Crippen LogP contribution in [0.15, 0.2) is 30.3 Å². The average molecular weight is 494 g/mol. The number of carbonyl (C=O) groups excluding carboxylic acids is 1. The molecule has 0 spiro atoms. The van der Waals surface area contributed by atoms with Gasteiger partial charge in [0.15, 0.2) is 20.9 Å². The molecule has 0 aromatic heterocycles. The van der Waals surface area contributed by atoms with Gasteiger partial charge >= 0.3 is 0 Å². The Labute approximate surface area is 203 Å². The lowest BCUT2D eigenvalue weighted by Crippen LogP contribution is -2.69. The molecule has 4 rings (SSSR count). The maximum absolute atomic E-state index is 12.3. The summed E-state index contributed by atoms with van der Waals surface area (Å²) in [6.45, 7) is 15.8. The minimum atomic E-state index is -2.25. The van der Waals surface area contributed by atoms with Crippen molar-refractivity contribution in [3.8, 4) is 0 Å². The first-order chi connectivity index (χ1) is 15.9. The fraction of sp³-hybridized carbons (Fsp3) is 0.720. The molecule has 3 heterocycles. The summed E-state index contributed by atoms with van der Waals surface area (Å²) in [5.41, 5.74) is 0.620. The molecule has 1 aromatic carbocycles. The van der Waals surface area contributed by atoms with Gasteiger partial charge in [-0.05, 0) is 25.1 Å². The Hall–Kier alpha value is -1.33. The number of nitrogens with one attached hydrogen (secondary N) is 1. The minimum absolute atomic E-state index is 0.0305. The van der Waals surface area contributed by atoms with E-state index in [0.717, 1.165) is 5.56 Å². The Balaban J connectivity index is 1.64. The second-order valence-electron chi connectivity index (χ2n) is 11.3. The summed E-state index contributed by atoms with van der Waals surface area (Å²) < 4.78 is 37.5. The number of hydrogen-bond acceptors (Lipinski definition) is 7. The lowest BCUT2D eigenvalue weighted by atomic mass is 9.95. The Kier molecular flexibility index (Phi) is 7.28. The van der Waals surface area contributed by atoms with E-state index in [4.69, 9.17) is 28.1 Å². The van der Waals surface area contributed by atoms with Crippen molar-refractivity contribution < 1.29 is 32.9 Å². The van der Waals surface area contributed by atoms with Crippen molar-refractivity contribution in [2.75, 3.05) is 19.8 Å². The topological polar surface area (TPSA) is 87.8 Å². The van der Waals surface area contributed by atoms with E-state index < -0.39 is 45.3 Å². The van der Waals surface area contributed by atoms with Gasteiger partial charge in [0, 0.05) is 12.5 Å². The van der Waals surface area contributed by atoms with Gasteiger partial charge in [0.05, 0.1) is 25.9 Å². The summed E-state index contributed by atoms with van der Waals surface area (Å²) in [6.07, 6.45) is -2.53. The van der Waals surface area contributed by atoms with Gasteiger partial charge in [-0.2, -0.15) is 0 Å². The normalized spacial score (nSPS) is 36.0. The van der Waals surface area contributed by atoms with E-state index in [2.05, 4.69) is 39.2 Å². The first kappa shape index (κ1) is 25.8. The molecule has 3 aliphatic heterocycles. The summed E-state index contributed by atoms with van der Waals surface area (Å²) >= 11 is 0. The van der Waals surface area contributed by atoms with Crippen LogP contribution in [-0.4, -0.2) is 70.3 Å². The fourth-order valence-corrected chi connectivity index (χ4v) is 5.32. The van der Waals surface area contributed by atoms with E-state index >= 15 is 0 Å². The molecule has 9 heteroatoms. The SMILES string of the molecule is CC(=O)N[C@H]1[C@H](OC[C@@]2(C)CO2)O[C@@H]2COC(c3ccccc3)O[C@H]2[C@@H]1O[Si](C)(C)C(C)(C)C. The van der Waals surface area contributed by atoms with Gasteiger partial charge < -0.3 is 33.4 Å². The largest absolute Gasteiger partial charge is 0.409 e. The highest BCUT2D eigenvalue weighted by molar-refractivity contribution is 6.74. The monoisotopic (exact) mass is 493 g/mol. The molecule has 1 unspecified atom stereocenters. The lowest BCUT2D eigenvalue weighted by Gasteiger charge is -2.52. The van der Waals surface area contributed by atoms with Gasteiger partial charge in [-0.3, -0.25) is 4.79 Å². The molecule has 1 aromatic rings. The molecule has 8 nitrogen and oxygen atoms in total. The molecule has 3 fully saturated rings. The average Bonchev–Trinajstić information content (AvgIpc) is 3.50. The molecule has 0 saturated carbocycles. The van der Waals surface area contributed by atoms with Gasteiger partial charge in [0.1, 0.15) is 23.9 Å². The number of amides is 1. The number of epoxide rings is 1. The highest BCUT2D eigenvalue weighted by atomic mass is 28.4. The van der Waals surface area contributed by atoms with Crippen LogP contribution in [0.25, 0.3) is 0 Å². The van der Waals surface area contributed by atoms with Crippen LogP contribution in [0.1, 0.15) is 46.5 Å². The molecule has 7 atom stereocenters. The number of rotatable bonds is 7. The van der Waals surface area contributed by atoms with Crippen LogP contribution in [0.4, 0.5) is 0 Å². The highest BCUT2D eigenvalue weighted by Crippen LogP contribution is 2.42. The Morgan fingerprint density at radius 3 is 2.47 bits per heavy atom. The molecule has 0 bridgehead atoms. The van der Waals surface area contributed by atoms with Gasteiger partial charge in [-0.25, -0.2) is 0 Å². The van der Waals surface area contributed by atoms with Crippen LogP contribution in [0, 0.1) is 0 Å². The van der Waals surface area contributed by atoms with Crippen LogP contribution in [-0.2, 0) is 32.9 Å². The van der Waals surface area contributed by atoms with Crippen molar-refractivity contribution in [3.63, 3.8) is 0 Å². The van der Waals surface area contributed by atoms with Crippen LogP contribution in [0.5, 0.6) is 0 Å². The third kappa shape index (κ3) is 5.72. The van der Waals surface area contributed by atoms with Crippen molar-refractivity contribution in [1.82, 2.24) is 5.32 Å². The number of fused-ring (bicyclic) bond motifs is 1. The smallest absolute Gasteiger partial charge is 0.217 e. The van der Waals surface area contributed by atoms with Crippen molar-refractivity contribution in [2.24, 2.45) is 0 Å². The quantitative estimate of drug-likeness (QED) is 0.459. The molecular weight excluding hydrogens is 454 g/mol. The van der Waals surface area contributed by atoms with E-state index in [0.29, 0.717) is 19.8 Å². The molecule has 34 heavy (non-hydrogen) atoms. The molecule has 1 amide bonds. The zero-order valence-electron chi connectivity index (χ0n) is 21.3.